The Labute approximate surface area is 88.1 Å². The fraction of sp³-hybridized carbons (Fsp3) is 1.00. The molecule has 1 unspecified atom stereocenters. The van der Waals surface area contributed by atoms with Gasteiger partial charge in [0.25, 0.3) is 0 Å². The lowest BCUT2D eigenvalue weighted by molar-refractivity contribution is 0.0882. The standard InChI is InChI=1S/C12H24N2/c1-4-11-7-13-12(2,3)9-14(11)8-10-5-6-10/h10-11,13H,4-9H2,1-3H3. The van der Waals surface area contributed by atoms with Crippen LogP contribution >= 0.6 is 0 Å². The fourth-order valence-corrected chi connectivity index (χ4v) is 2.46. The van der Waals surface area contributed by atoms with Gasteiger partial charge < -0.3 is 5.32 Å². The van der Waals surface area contributed by atoms with Crippen LogP contribution in [0.2, 0.25) is 0 Å². The average Bonchev–Trinajstić information content (AvgIpc) is 2.87. The molecule has 0 spiro atoms. The van der Waals surface area contributed by atoms with Crippen molar-refractivity contribution in [1.29, 1.82) is 0 Å². The van der Waals surface area contributed by atoms with Crippen molar-refractivity contribution >= 4 is 0 Å². The topological polar surface area (TPSA) is 15.3 Å². The van der Waals surface area contributed by atoms with Crippen LogP contribution in [0, 0.1) is 5.92 Å². The number of rotatable bonds is 3. The van der Waals surface area contributed by atoms with Gasteiger partial charge in [0, 0.05) is 31.2 Å². The Bertz CT molecular complexity index is 196. The van der Waals surface area contributed by atoms with Crippen molar-refractivity contribution in [3.8, 4) is 0 Å². The van der Waals surface area contributed by atoms with E-state index in [1.807, 2.05) is 0 Å². The zero-order valence-corrected chi connectivity index (χ0v) is 9.84. The van der Waals surface area contributed by atoms with Gasteiger partial charge in [0.2, 0.25) is 0 Å². The van der Waals surface area contributed by atoms with E-state index in [0.29, 0.717) is 5.54 Å². The maximum atomic E-state index is 3.64. The van der Waals surface area contributed by atoms with Gasteiger partial charge in [-0.05, 0) is 39.0 Å². The molecule has 0 aromatic heterocycles. The fourth-order valence-electron chi connectivity index (χ4n) is 2.46. The smallest absolute Gasteiger partial charge is 0.0252 e. The lowest BCUT2D eigenvalue weighted by Gasteiger charge is -2.44. The molecule has 82 valence electrons. The molecule has 1 saturated heterocycles. The van der Waals surface area contributed by atoms with Crippen LogP contribution in [0.3, 0.4) is 0 Å². The molecule has 2 fully saturated rings. The summed E-state index contributed by atoms with van der Waals surface area (Å²) in [5.74, 6) is 1.03. The van der Waals surface area contributed by atoms with E-state index in [-0.39, 0.29) is 0 Å². The van der Waals surface area contributed by atoms with E-state index >= 15 is 0 Å². The first-order chi connectivity index (χ1) is 6.61. The first-order valence-electron chi connectivity index (χ1n) is 6.10. The van der Waals surface area contributed by atoms with Crippen molar-refractivity contribution in [3.63, 3.8) is 0 Å². The van der Waals surface area contributed by atoms with Gasteiger partial charge in [-0.15, -0.1) is 0 Å². The summed E-state index contributed by atoms with van der Waals surface area (Å²) < 4.78 is 0. The highest BCUT2D eigenvalue weighted by Crippen LogP contribution is 2.31. The van der Waals surface area contributed by atoms with Gasteiger partial charge >= 0.3 is 0 Å². The highest BCUT2D eigenvalue weighted by Gasteiger charge is 2.34. The second-order valence-electron chi connectivity index (χ2n) is 5.70. The zero-order valence-electron chi connectivity index (χ0n) is 9.84. The van der Waals surface area contributed by atoms with Crippen molar-refractivity contribution in [1.82, 2.24) is 10.2 Å². The normalized spacial score (nSPS) is 33.2. The summed E-state index contributed by atoms with van der Waals surface area (Å²) in [5.41, 5.74) is 0.320. The van der Waals surface area contributed by atoms with Crippen LogP contribution in [0.4, 0.5) is 0 Å². The summed E-state index contributed by atoms with van der Waals surface area (Å²) in [5, 5.41) is 3.64. The van der Waals surface area contributed by atoms with Gasteiger partial charge in [0.05, 0.1) is 0 Å². The summed E-state index contributed by atoms with van der Waals surface area (Å²) in [6.45, 7) is 10.7. The maximum Gasteiger partial charge on any atom is 0.0252 e. The molecular weight excluding hydrogens is 172 g/mol. The molecule has 1 aliphatic carbocycles. The molecule has 2 nitrogen and oxygen atoms in total. The molecule has 2 heteroatoms. The Hall–Kier alpha value is -0.0800. The molecule has 0 bridgehead atoms. The first kappa shape index (κ1) is 10.4. The van der Waals surface area contributed by atoms with Crippen LogP contribution < -0.4 is 5.32 Å². The second kappa shape index (κ2) is 3.82. The molecule has 0 amide bonds. The molecule has 2 aliphatic rings. The van der Waals surface area contributed by atoms with Crippen LogP contribution in [0.25, 0.3) is 0 Å². The molecular formula is C12H24N2. The SMILES string of the molecule is CCC1CNC(C)(C)CN1CC1CC1. The molecule has 1 N–H and O–H groups in total. The molecule has 1 atom stereocenters. The number of nitrogens with one attached hydrogen (secondary N) is 1. The third-order valence-corrected chi connectivity index (χ3v) is 3.59. The zero-order chi connectivity index (χ0) is 10.2. The molecule has 1 aliphatic heterocycles. The first-order valence-corrected chi connectivity index (χ1v) is 6.10. The minimum atomic E-state index is 0.320. The minimum Gasteiger partial charge on any atom is -0.309 e. The predicted molar refractivity (Wildman–Crippen MR) is 60.5 cm³/mol. The Kier molecular flexibility index (Phi) is 2.85. The Balaban J connectivity index is 1.92. The van der Waals surface area contributed by atoms with E-state index in [1.165, 1.54) is 38.9 Å². The van der Waals surface area contributed by atoms with E-state index in [0.717, 1.165) is 12.0 Å². The van der Waals surface area contributed by atoms with Crippen LogP contribution in [0.15, 0.2) is 0 Å². The molecule has 1 saturated carbocycles. The number of nitrogens with zero attached hydrogens (tertiary/aromatic N) is 1. The molecule has 2 rings (SSSR count). The number of hydrogen-bond acceptors (Lipinski definition) is 2. The number of piperazine rings is 1. The third kappa shape index (κ3) is 2.48. The van der Waals surface area contributed by atoms with E-state index in [2.05, 4.69) is 31.0 Å². The second-order valence-corrected chi connectivity index (χ2v) is 5.70. The summed E-state index contributed by atoms with van der Waals surface area (Å²) in [7, 11) is 0. The molecule has 1 heterocycles. The minimum absolute atomic E-state index is 0.320. The molecule has 0 aromatic carbocycles. The van der Waals surface area contributed by atoms with Crippen molar-refractivity contribution in [2.75, 3.05) is 19.6 Å². The van der Waals surface area contributed by atoms with Crippen molar-refractivity contribution in [2.45, 2.75) is 51.6 Å². The van der Waals surface area contributed by atoms with Crippen molar-refractivity contribution in [3.05, 3.63) is 0 Å². The summed E-state index contributed by atoms with van der Waals surface area (Å²) in [4.78, 5) is 2.72. The maximum absolute atomic E-state index is 3.64. The molecule has 14 heavy (non-hydrogen) atoms. The average molecular weight is 196 g/mol. The third-order valence-electron chi connectivity index (χ3n) is 3.59. The van der Waals surface area contributed by atoms with E-state index in [9.17, 15) is 0 Å². The van der Waals surface area contributed by atoms with Crippen molar-refractivity contribution in [2.24, 2.45) is 5.92 Å². The molecule has 0 aromatic rings. The largest absolute Gasteiger partial charge is 0.309 e. The highest BCUT2D eigenvalue weighted by molar-refractivity contribution is 4.93. The van der Waals surface area contributed by atoms with Gasteiger partial charge in [-0.2, -0.15) is 0 Å². The summed E-state index contributed by atoms with van der Waals surface area (Å²) >= 11 is 0. The monoisotopic (exact) mass is 196 g/mol. The summed E-state index contributed by atoms with van der Waals surface area (Å²) in [6.07, 6.45) is 4.23. The lowest BCUT2D eigenvalue weighted by Crippen LogP contribution is -2.61. The van der Waals surface area contributed by atoms with Crippen LogP contribution in [-0.4, -0.2) is 36.1 Å². The Morgan fingerprint density at radius 1 is 1.36 bits per heavy atom. The van der Waals surface area contributed by atoms with Gasteiger partial charge in [0.15, 0.2) is 0 Å². The van der Waals surface area contributed by atoms with Gasteiger partial charge in [-0.1, -0.05) is 6.92 Å². The van der Waals surface area contributed by atoms with Crippen molar-refractivity contribution < 1.29 is 0 Å². The summed E-state index contributed by atoms with van der Waals surface area (Å²) in [6, 6.07) is 0.781. The van der Waals surface area contributed by atoms with Crippen LogP contribution in [-0.2, 0) is 0 Å². The quantitative estimate of drug-likeness (QED) is 0.741. The molecule has 0 radical (unpaired) electrons. The Morgan fingerprint density at radius 2 is 2.07 bits per heavy atom. The lowest BCUT2D eigenvalue weighted by atomic mass is 9.97. The van der Waals surface area contributed by atoms with E-state index in [4.69, 9.17) is 0 Å². The predicted octanol–water partition coefficient (Wildman–Crippen LogP) is 1.86. The highest BCUT2D eigenvalue weighted by atomic mass is 15.2. The van der Waals surface area contributed by atoms with Gasteiger partial charge in [-0.25, -0.2) is 0 Å². The van der Waals surface area contributed by atoms with Gasteiger partial charge in [0.1, 0.15) is 0 Å². The Morgan fingerprint density at radius 3 is 2.64 bits per heavy atom. The van der Waals surface area contributed by atoms with Gasteiger partial charge in [-0.3, -0.25) is 4.90 Å². The number of hydrogen-bond donors (Lipinski definition) is 1. The van der Waals surface area contributed by atoms with E-state index < -0.39 is 0 Å². The van der Waals surface area contributed by atoms with E-state index in [1.54, 1.807) is 0 Å². The van der Waals surface area contributed by atoms with Crippen LogP contribution in [0.5, 0.6) is 0 Å². The van der Waals surface area contributed by atoms with Crippen LogP contribution in [0.1, 0.15) is 40.0 Å².